The van der Waals surface area contributed by atoms with Crippen LogP contribution in [0.15, 0.2) is 59.5 Å². The van der Waals surface area contributed by atoms with Gasteiger partial charge in [-0.1, -0.05) is 18.2 Å². The highest BCUT2D eigenvalue weighted by Gasteiger charge is 2.14. The van der Waals surface area contributed by atoms with Crippen molar-refractivity contribution in [1.29, 1.82) is 0 Å². The van der Waals surface area contributed by atoms with Gasteiger partial charge in [0.05, 0.1) is 10.6 Å². The minimum absolute atomic E-state index is 0.0479. The van der Waals surface area contributed by atoms with Gasteiger partial charge in [0, 0.05) is 6.08 Å². The van der Waals surface area contributed by atoms with Gasteiger partial charge in [-0.3, -0.25) is 14.7 Å². The highest BCUT2D eigenvalue weighted by Crippen LogP contribution is 2.18. The Labute approximate surface area is 132 Å². The van der Waals surface area contributed by atoms with Crippen molar-refractivity contribution in [3.05, 3.63) is 66.0 Å². The lowest BCUT2D eigenvalue weighted by atomic mass is 10.2. The van der Waals surface area contributed by atoms with Gasteiger partial charge in [0.15, 0.2) is 0 Å². The van der Waals surface area contributed by atoms with Crippen LogP contribution in [0.2, 0.25) is 0 Å². The number of halogens is 1. The van der Waals surface area contributed by atoms with E-state index in [1.165, 1.54) is 48.0 Å². The van der Waals surface area contributed by atoms with Crippen LogP contribution >= 0.6 is 0 Å². The van der Waals surface area contributed by atoms with Crippen LogP contribution in [0.4, 0.5) is 10.1 Å². The predicted molar refractivity (Wildman–Crippen MR) is 82.6 cm³/mol. The second kappa shape index (κ2) is 7.03. The standard InChI is InChI=1S/C15H13FN2O4S/c16-12-4-2-5-13(10-12)18-23(21,22)14-6-1-3-11(9-14)7-8-15(19)17-20/h1-10,18,20H,(H,17,19). The molecule has 3 N–H and O–H groups in total. The zero-order valence-electron chi connectivity index (χ0n) is 11.7. The summed E-state index contributed by atoms with van der Waals surface area (Å²) >= 11 is 0. The third kappa shape index (κ3) is 4.63. The molecule has 0 bridgehead atoms. The molecule has 0 saturated carbocycles. The lowest BCUT2D eigenvalue weighted by molar-refractivity contribution is -0.124. The van der Waals surface area contributed by atoms with Crippen molar-refractivity contribution in [3.63, 3.8) is 0 Å². The number of hydroxylamine groups is 1. The minimum Gasteiger partial charge on any atom is -0.288 e. The van der Waals surface area contributed by atoms with Crippen molar-refractivity contribution in [1.82, 2.24) is 5.48 Å². The fourth-order valence-corrected chi connectivity index (χ4v) is 2.86. The summed E-state index contributed by atoms with van der Waals surface area (Å²) in [4.78, 5) is 10.9. The molecule has 120 valence electrons. The van der Waals surface area contributed by atoms with Gasteiger partial charge in [-0.2, -0.15) is 0 Å². The fourth-order valence-electron chi connectivity index (χ4n) is 1.76. The van der Waals surface area contributed by atoms with Crippen LogP contribution in [0, 0.1) is 5.82 Å². The second-order valence-corrected chi connectivity index (χ2v) is 6.18. The molecule has 0 unspecified atom stereocenters. The molecule has 0 aliphatic rings. The van der Waals surface area contributed by atoms with Crippen LogP contribution in [0.1, 0.15) is 5.56 Å². The van der Waals surface area contributed by atoms with E-state index >= 15 is 0 Å². The summed E-state index contributed by atoms with van der Waals surface area (Å²) in [5.41, 5.74) is 1.97. The first-order valence-electron chi connectivity index (χ1n) is 6.41. The predicted octanol–water partition coefficient (Wildman–Crippen LogP) is 2.15. The molecular formula is C15H13FN2O4S. The Morgan fingerprint density at radius 3 is 2.57 bits per heavy atom. The van der Waals surface area contributed by atoms with E-state index in [1.54, 1.807) is 6.07 Å². The quantitative estimate of drug-likeness (QED) is 0.443. The molecule has 2 rings (SSSR count). The first-order chi connectivity index (χ1) is 10.9. The summed E-state index contributed by atoms with van der Waals surface area (Å²) in [6.45, 7) is 0. The molecular weight excluding hydrogens is 323 g/mol. The third-order valence-electron chi connectivity index (χ3n) is 2.78. The summed E-state index contributed by atoms with van der Waals surface area (Å²) in [5, 5.41) is 8.40. The number of sulfonamides is 1. The molecule has 8 heteroatoms. The van der Waals surface area contributed by atoms with E-state index in [-0.39, 0.29) is 10.6 Å². The average Bonchev–Trinajstić information content (AvgIpc) is 2.52. The molecule has 0 fully saturated rings. The van der Waals surface area contributed by atoms with E-state index in [2.05, 4.69) is 4.72 Å². The summed E-state index contributed by atoms with van der Waals surface area (Å²) < 4.78 is 39.9. The molecule has 6 nitrogen and oxygen atoms in total. The largest absolute Gasteiger partial charge is 0.288 e. The zero-order chi connectivity index (χ0) is 16.9. The van der Waals surface area contributed by atoms with Crippen molar-refractivity contribution in [2.45, 2.75) is 4.90 Å². The Hall–Kier alpha value is -2.71. The highest BCUT2D eigenvalue weighted by molar-refractivity contribution is 7.92. The Bertz CT molecular complexity index is 850. The van der Waals surface area contributed by atoms with Gasteiger partial charge in [-0.25, -0.2) is 18.3 Å². The van der Waals surface area contributed by atoms with E-state index in [1.807, 2.05) is 0 Å². The van der Waals surface area contributed by atoms with E-state index in [4.69, 9.17) is 5.21 Å². The number of benzene rings is 2. The van der Waals surface area contributed by atoms with Gasteiger partial charge in [-0.05, 0) is 42.0 Å². The molecule has 0 spiro atoms. The van der Waals surface area contributed by atoms with Gasteiger partial charge in [0.25, 0.3) is 15.9 Å². The van der Waals surface area contributed by atoms with E-state index in [9.17, 15) is 17.6 Å². The van der Waals surface area contributed by atoms with E-state index < -0.39 is 21.7 Å². The van der Waals surface area contributed by atoms with Crippen molar-refractivity contribution in [2.24, 2.45) is 0 Å². The maximum Gasteiger partial charge on any atom is 0.267 e. The number of hydrogen-bond acceptors (Lipinski definition) is 4. The van der Waals surface area contributed by atoms with E-state index in [0.29, 0.717) is 5.56 Å². The summed E-state index contributed by atoms with van der Waals surface area (Å²) in [5.74, 6) is -1.30. The van der Waals surface area contributed by atoms with Crippen LogP contribution in [-0.2, 0) is 14.8 Å². The van der Waals surface area contributed by atoms with Crippen LogP contribution in [0.25, 0.3) is 6.08 Å². The van der Waals surface area contributed by atoms with Crippen LogP contribution in [0.3, 0.4) is 0 Å². The lowest BCUT2D eigenvalue weighted by Gasteiger charge is -2.08. The number of rotatable bonds is 5. The topological polar surface area (TPSA) is 95.5 Å². The smallest absolute Gasteiger partial charge is 0.267 e. The van der Waals surface area contributed by atoms with Gasteiger partial charge >= 0.3 is 0 Å². The Morgan fingerprint density at radius 2 is 1.87 bits per heavy atom. The van der Waals surface area contributed by atoms with Gasteiger partial charge < -0.3 is 0 Å². The average molecular weight is 336 g/mol. The molecule has 0 heterocycles. The number of hydrogen-bond donors (Lipinski definition) is 3. The van der Waals surface area contributed by atoms with Crippen LogP contribution in [-0.4, -0.2) is 19.5 Å². The van der Waals surface area contributed by atoms with Crippen LogP contribution < -0.4 is 10.2 Å². The fraction of sp³-hybridized carbons (Fsp3) is 0. The van der Waals surface area contributed by atoms with Gasteiger partial charge in [0.1, 0.15) is 5.82 Å². The Morgan fingerprint density at radius 1 is 1.13 bits per heavy atom. The molecule has 0 radical (unpaired) electrons. The first-order valence-corrected chi connectivity index (χ1v) is 7.89. The lowest BCUT2D eigenvalue weighted by Crippen LogP contribution is -2.15. The summed E-state index contributed by atoms with van der Waals surface area (Å²) in [6.07, 6.45) is 2.39. The first kappa shape index (κ1) is 16.7. The SMILES string of the molecule is O=C(C=Cc1cccc(S(=O)(=O)Nc2cccc(F)c2)c1)NO. The minimum atomic E-state index is -3.90. The number of carbonyl (C=O) groups is 1. The van der Waals surface area contributed by atoms with Gasteiger partial charge in [-0.15, -0.1) is 0 Å². The van der Waals surface area contributed by atoms with Crippen molar-refractivity contribution in [3.8, 4) is 0 Å². The van der Waals surface area contributed by atoms with E-state index in [0.717, 1.165) is 12.1 Å². The maximum absolute atomic E-state index is 13.1. The molecule has 0 atom stereocenters. The van der Waals surface area contributed by atoms with Crippen molar-refractivity contribution in [2.75, 3.05) is 4.72 Å². The molecule has 23 heavy (non-hydrogen) atoms. The Kier molecular flexibility index (Phi) is 5.09. The van der Waals surface area contributed by atoms with Gasteiger partial charge in [0.2, 0.25) is 0 Å². The number of anilines is 1. The molecule has 0 aliphatic heterocycles. The zero-order valence-corrected chi connectivity index (χ0v) is 12.5. The normalized spacial score (nSPS) is 11.4. The second-order valence-electron chi connectivity index (χ2n) is 4.50. The molecule has 0 aromatic heterocycles. The molecule has 0 saturated heterocycles. The number of carbonyl (C=O) groups excluding carboxylic acids is 1. The Balaban J connectivity index is 2.26. The molecule has 1 amide bonds. The monoisotopic (exact) mass is 336 g/mol. The molecule has 0 aliphatic carbocycles. The summed E-state index contributed by atoms with van der Waals surface area (Å²) in [7, 11) is -3.90. The number of amides is 1. The number of nitrogens with one attached hydrogen (secondary N) is 2. The third-order valence-corrected chi connectivity index (χ3v) is 4.16. The van der Waals surface area contributed by atoms with Crippen molar-refractivity contribution < 1.29 is 22.8 Å². The summed E-state index contributed by atoms with van der Waals surface area (Å²) in [6, 6.07) is 10.9. The highest BCUT2D eigenvalue weighted by atomic mass is 32.2. The maximum atomic E-state index is 13.1. The molecule has 2 aromatic carbocycles. The van der Waals surface area contributed by atoms with Crippen molar-refractivity contribution >= 4 is 27.7 Å². The molecule has 2 aromatic rings. The van der Waals surface area contributed by atoms with Crippen LogP contribution in [0.5, 0.6) is 0 Å².